The van der Waals surface area contributed by atoms with Crippen molar-refractivity contribution in [1.29, 1.82) is 0 Å². The molecule has 0 unspecified atom stereocenters. The molecular weight excluding hydrogens is 348 g/mol. The summed E-state index contributed by atoms with van der Waals surface area (Å²) in [5.41, 5.74) is 0. The van der Waals surface area contributed by atoms with Crippen LogP contribution in [0.3, 0.4) is 0 Å². The van der Waals surface area contributed by atoms with Crippen molar-refractivity contribution in [2.45, 2.75) is 96.4 Å². The second kappa shape index (κ2) is 7.72. The van der Waals surface area contributed by atoms with Gasteiger partial charge in [-0.25, -0.2) is 0 Å². The molecule has 0 heterocycles. The standard InChI is InChI=1S/C19H42O4Si2/c1-18(2,3)24(7,8)22-13-15-14(12-20)16(21)11-17(15)23-25(9,10)19(4,5)6/h14-17,20-21H,11-13H2,1-10H3/t14-,15-,16+,17-/m0/s1. The van der Waals surface area contributed by atoms with E-state index in [4.69, 9.17) is 8.85 Å². The first kappa shape index (κ1) is 23.3. The second-order valence-electron chi connectivity index (χ2n) is 10.8. The van der Waals surface area contributed by atoms with Crippen LogP contribution in [0.2, 0.25) is 36.3 Å². The minimum absolute atomic E-state index is 0.00986. The third-order valence-corrected chi connectivity index (χ3v) is 15.9. The Bertz CT molecular complexity index is 438. The Hall–Kier alpha value is 0.274. The Balaban J connectivity index is 2.94. The van der Waals surface area contributed by atoms with E-state index >= 15 is 0 Å². The second-order valence-corrected chi connectivity index (χ2v) is 20.4. The van der Waals surface area contributed by atoms with Gasteiger partial charge in [-0.2, -0.15) is 0 Å². The van der Waals surface area contributed by atoms with E-state index in [1.54, 1.807) is 0 Å². The minimum Gasteiger partial charge on any atom is -0.416 e. The summed E-state index contributed by atoms with van der Waals surface area (Å²) in [5.74, 6) is -0.0946. The summed E-state index contributed by atoms with van der Waals surface area (Å²) in [7, 11) is -3.80. The molecule has 6 heteroatoms. The van der Waals surface area contributed by atoms with E-state index in [9.17, 15) is 10.2 Å². The van der Waals surface area contributed by atoms with Crippen LogP contribution < -0.4 is 0 Å². The van der Waals surface area contributed by atoms with Gasteiger partial charge >= 0.3 is 0 Å². The third kappa shape index (κ3) is 5.39. The van der Waals surface area contributed by atoms with E-state index in [1.165, 1.54) is 0 Å². The highest BCUT2D eigenvalue weighted by Crippen LogP contribution is 2.44. The van der Waals surface area contributed by atoms with Gasteiger partial charge in [-0.05, 0) is 42.7 Å². The van der Waals surface area contributed by atoms with Crippen LogP contribution in [-0.2, 0) is 8.85 Å². The van der Waals surface area contributed by atoms with E-state index in [-0.39, 0.29) is 34.6 Å². The minimum atomic E-state index is -1.93. The molecule has 1 rings (SSSR count). The average Bonchev–Trinajstić information content (AvgIpc) is 2.68. The zero-order valence-corrected chi connectivity index (χ0v) is 20.1. The Morgan fingerprint density at radius 1 is 0.880 bits per heavy atom. The molecule has 0 amide bonds. The molecule has 1 saturated carbocycles. The molecule has 0 aliphatic heterocycles. The van der Waals surface area contributed by atoms with Crippen molar-refractivity contribution in [2.24, 2.45) is 11.8 Å². The monoisotopic (exact) mass is 390 g/mol. The topological polar surface area (TPSA) is 58.9 Å². The lowest BCUT2D eigenvalue weighted by Crippen LogP contribution is -2.47. The van der Waals surface area contributed by atoms with Crippen molar-refractivity contribution in [3.63, 3.8) is 0 Å². The summed E-state index contributed by atoms with van der Waals surface area (Å²) in [6, 6.07) is 0. The number of aliphatic hydroxyl groups excluding tert-OH is 2. The first-order chi connectivity index (χ1) is 11.0. The van der Waals surface area contributed by atoms with Crippen LogP contribution in [-0.4, -0.2) is 52.3 Å². The fraction of sp³-hybridized carbons (Fsp3) is 1.00. The van der Waals surface area contributed by atoms with Gasteiger partial charge in [0.1, 0.15) is 0 Å². The van der Waals surface area contributed by atoms with E-state index < -0.39 is 22.7 Å². The van der Waals surface area contributed by atoms with Crippen LogP contribution in [0.1, 0.15) is 48.0 Å². The number of rotatable bonds is 6. The molecule has 0 aromatic heterocycles. The van der Waals surface area contributed by atoms with Crippen molar-refractivity contribution >= 4 is 16.6 Å². The summed E-state index contributed by atoms with van der Waals surface area (Å²) in [4.78, 5) is 0. The van der Waals surface area contributed by atoms with Crippen molar-refractivity contribution in [1.82, 2.24) is 0 Å². The van der Waals surface area contributed by atoms with Crippen molar-refractivity contribution in [3.05, 3.63) is 0 Å². The molecule has 150 valence electrons. The van der Waals surface area contributed by atoms with Crippen LogP contribution in [0.4, 0.5) is 0 Å². The highest BCUT2D eigenvalue weighted by atomic mass is 28.4. The van der Waals surface area contributed by atoms with Gasteiger partial charge in [0.05, 0.1) is 12.2 Å². The van der Waals surface area contributed by atoms with E-state index in [0.717, 1.165) is 0 Å². The summed E-state index contributed by atoms with van der Waals surface area (Å²) in [5, 5.41) is 20.5. The fourth-order valence-corrected chi connectivity index (χ4v) is 5.27. The Morgan fingerprint density at radius 3 is 1.76 bits per heavy atom. The van der Waals surface area contributed by atoms with E-state index in [0.29, 0.717) is 13.0 Å². The number of hydrogen-bond acceptors (Lipinski definition) is 4. The summed E-state index contributed by atoms with van der Waals surface area (Å²) < 4.78 is 13.1. The maximum absolute atomic E-state index is 10.4. The van der Waals surface area contributed by atoms with Gasteiger partial charge in [0.2, 0.25) is 0 Å². The third-order valence-electron chi connectivity index (χ3n) is 6.90. The molecule has 0 radical (unpaired) electrons. The zero-order valence-electron chi connectivity index (χ0n) is 18.1. The quantitative estimate of drug-likeness (QED) is 0.660. The Labute approximate surface area is 157 Å². The average molecular weight is 391 g/mol. The first-order valence-corrected chi connectivity index (χ1v) is 15.5. The number of hydrogen-bond donors (Lipinski definition) is 2. The molecule has 4 nitrogen and oxygen atoms in total. The molecule has 1 aliphatic carbocycles. The first-order valence-electron chi connectivity index (χ1n) is 9.64. The fourth-order valence-electron chi connectivity index (χ4n) is 2.85. The highest BCUT2D eigenvalue weighted by molar-refractivity contribution is 6.74. The van der Waals surface area contributed by atoms with E-state index in [2.05, 4.69) is 67.7 Å². The maximum atomic E-state index is 10.4. The largest absolute Gasteiger partial charge is 0.416 e. The van der Waals surface area contributed by atoms with Crippen molar-refractivity contribution in [2.75, 3.05) is 13.2 Å². The van der Waals surface area contributed by atoms with Gasteiger partial charge in [-0.15, -0.1) is 0 Å². The predicted molar refractivity (Wildman–Crippen MR) is 110 cm³/mol. The normalized spacial score (nSPS) is 29.3. The van der Waals surface area contributed by atoms with Crippen LogP contribution in [0, 0.1) is 11.8 Å². The highest BCUT2D eigenvalue weighted by Gasteiger charge is 2.49. The molecule has 0 spiro atoms. The van der Waals surface area contributed by atoms with Crippen molar-refractivity contribution < 1.29 is 19.1 Å². The van der Waals surface area contributed by atoms with Gasteiger partial charge in [0.25, 0.3) is 0 Å². The summed E-state index contributed by atoms with van der Waals surface area (Å²) in [6.45, 7) is 22.9. The molecule has 2 N–H and O–H groups in total. The van der Waals surface area contributed by atoms with Crippen LogP contribution in [0.25, 0.3) is 0 Å². The van der Waals surface area contributed by atoms with Gasteiger partial charge in [0, 0.05) is 25.0 Å². The van der Waals surface area contributed by atoms with Crippen molar-refractivity contribution in [3.8, 4) is 0 Å². The van der Waals surface area contributed by atoms with Gasteiger partial charge in [-0.1, -0.05) is 41.5 Å². The van der Waals surface area contributed by atoms with Gasteiger partial charge in [-0.3, -0.25) is 0 Å². The Morgan fingerprint density at radius 2 is 1.36 bits per heavy atom. The zero-order chi connectivity index (χ0) is 19.8. The van der Waals surface area contributed by atoms with Gasteiger partial charge in [0.15, 0.2) is 16.6 Å². The molecule has 25 heavy (non-hydrogen) atoms. The molecule has 4 atom stereocenters. The van der Waals surface area contributed by atoms with Crippen LogP contribution in [0.15, 0.2) is 0 Å². The molecule has 0 bridgehead atoms. The summed E-state index contributed by atoms with van der Waals surface area (Å²) in [6.07, 6.45) is 0.0640. The smallest absolute Gasteiger partial charge is 0.192 e. The molecule has 0 saturated heterocycles. The van der Waals surface area contributed by atoms with Crippen LogP contribution in [0.5, 0.6) is 0 Å². The molecular formula is C19H42O4Si2. The molecule has 1 aliphatic rings. The Kier molecular flexibility index (Phi) is 7.20. The molecule has 0 aromatic rings. The lowest BCUT2D eigenvalue weighted by Gasteiger charge is -2.41. The SMILES string of the molecule is CC(C)(C)[Si](C)(C)OC[C@H]1[C@H](CO)[C@H](O)C[C@@H]1O[Si](C)(C)C(C)(C)C. The molecule has 1 fully saturated rings. The lowest BCUT2D eigenvalue weighted by molar-refractivity contribution is 0.0435. The predicted octanol–water partition coefficient (Wildman–Crippen LogP) is 4.39. The van der Waals surface area contributed by atoms with E-state index in [1.807, 2.05) is 0 Å². The van der Waals surface area contributed by atoms with Gasteiger partial charge < -0.3 is 19.1 Å². The lowest BCUT2D eigenvalue weighted by atomic mass is 9.95. The number of aliphatic hydroxyl groups is 2. The molecule has 0 aromatic carbocycles. The summed E-state index contributed by atoms with van der Waals surface area (Å²) >= 11 is 0. The maximum Gasteiger partial charge on any atom is 0.192 e. The van der Waals surface area contributed by atoms with Crippen LogP contribution >= 0.6 is 0 Å².